The average Bonchev–Trinajstić information content (AvgIpc) is 3.31. The summed E-state index contributed by atoms with van der Waals surface area (Å²) in [7, 11) is 1.66. The Balaban J connectivity index is 1.64. The molecule has 0 spiro atoms. The lowest BCUT2D eigenvalue weighted by Gasteiger charge is -2.18. The lowest BCUT2D eigenvalue weighted by molar-refractivity contribution is 0.377. The smallest absolute Gasteiger partial charge is 0.223 e. The van der Waals surface area contributed by atoms with Gasteiger partial charge in [-0.05, 0) is 17.7 Å². The lowest BCUT2D eigenvalue weighted by atomic mass is 10.0. The van der Waals surface area contributed by atoms with Gasteiger partial charge < -0.3 is 9.26 Å². The van der Waals surface area contributed by atoms with Crippen LogP contribution in [0, 0.1) is 6.92 Å². The zero-order valence-corrected chi connectivity index (χ0v) is 14.6. The van der Waals surface area contributed by atoms with Gasteiger partial charge in [-0.15, -0.1) is 0 Å². The van der Waals surface area contributed by atoms with Crippen LogP contribution < -0.4 is 10.1 Å². The summed E-state index contributed by atoms with van der Waals surface area (Å²) < 4.78 is 10.7. The van der Waals surface area contributed by atoms with Crippen LogP contribution in [0.5, 0.6) is 5.75 Å². The summed E-state index contributed by atoms with van der Waals surface area (Å²) in [6.45, 7) is 2.41. The number of nitrogens with one attached hydrogen (secondary N) is 2. The number of benzene rings is 2. The van der Waals surface area contributed by atoms with Crippen molar-refractivity contribution in [1.82, 2.24) is 25.7 Å². The second kappa shape index (κ2) is 6.97. The maximum Gasteiger partial charge on any atom is 0.223 e. The molecule has 1 atom stereocenters. The van der Waals surface area contributed by atoms with Gasteiger partial charge >= 0.3 is 0 Å². The van der Waals surface area contributed by atoms with E-state index >= 15 is 0 Å². The second-order valence-electron chi connectivity index (χ2n) is 6.02. The highest BCUT2D eigenvalue weighted by Crippen LogP contribution is 2.29. The number of hydrogen-bond acceptors (Lipinski definition) is 6. The normalized spacial score (nSPS) is 12.4. The number of nitrogens with zero attached hydrogens (tertiary/aromatic N) is 3. The van der Waals surface area contributed by atoms with Crippen LogP contribution in [-0.2, 0) is 6.54 Å². The molecule has 0 saturated heterocycles. The maximum atomic E-state index is 5.51. The van der Waals surface area contributed by atoms with E-state index in [9.17, 15) is 0 Å². The molecule has 7 heteroatoms. The summed E-state index contributed by atoms with van der Waals surface area (Å²) in [4.78, 5) is 4.40. The van der Waals surface area contributed by atoms with E-state index in [2.05, 4.69) is 37.8 Å². The fraction of sp³-hybridized carbons (Fsp3) is 0.211. The molecule has 0 fully saturated rings. The van der Waals surface area contributed by atoms with Crippen molar-refractivity contribution in [3.8, 4) is 5.75 Å². The van der Waals surface area contributed by atoms with E-state index < -0.39 is 0 Å². The third-order valence-electron chi connectivity index (χ3n) is 4.27. The molecule has 2 N–H and O–H groups in total. The number of hydrogen-bond donors (Lipinski definition) is 2. The maximum absolute atomic E-state index is 5.51. The van der Waals surface area contributed by atoms with E-state index in [4.69, 9.17) is 9.26 Å². The number of para-hydroxylation sites is 1. The fourth-order valence-electron chi connectivity index (χ4n) is 2.99. The minimum atomic E-state index is -0.249. The summed E-state index contributed by atoms with van der Waals surface area (Å²) in [6.07, 6.45) is 1.81. The standard InChI is InChI=1S/C19H19N5O2/c1-12-22-19(24-26-12)18(15-5-3-4-6-17(15)25-2)20-10-13-7-8-14-11-21-23-16(14)9-13/h3-9,11,18,20H,10H2,1-2H3,(H,21,23)/t18-/m1/s1. The molecule has 0 saturated carbocycles. The first-order valence-electron chi connectivity index (χ1n) is 8.33. The summed E-state index contributed by atoms with van der Waals surface area (Å²) in [5.74, 6) is 1.88. The van der Waals surface area contributed by atoms with Crippen molar-refractivity contribution >= 4 is 10.9 Å². The van der Waals surface area contributed by atoms with Crippen molar-refractivity contribution in [3.63, 3.8) is 0 Å². The number of aromatic amines is 1. The Labute approximate surface area is 150 Å². The molecule has 0 radical (unpaired) electrons. The predicted molar refractivity (Wildman–Crippen MR) is 96.8 cm³/mol. The van der Waals surface area contributed by atoms with Gasteiger partial charge in [0.2, 0.25) is 5.89 Å². The minimum absolute atomic E-state index is 0.249. The Morgan fingerprint density at radius 3 is 2.92 bits per heavy atom. The van der Waals surface area contributed by atoms with E-state index in [0.29, 0.717) is 18.3 Å². The molecule has 4 aromatic rings. The number of aryl methyl sites for hydroxylation is 1. The highest BCUT2D eigenvalue weighted by atomic mass is 16.5. The molecule has 26 heavy (non-hydrogen) atoms. The first-order valence-corrected chi connectivity index (χ1v) is 8.33. The number of ether oxygens (including phenoxy) is 1. The minimum Gasteiger partial charge on any atom is -0.496 e. The van der Waals surface area contributed by atoms with E-state index in [-0.39, 0.29) is 6.04 Å². The van der Waals surface area contributed by atoms with Crippen LogP contribution in [0.15, 0.2) is 53.2 Å². The summed E-state index contributed by atoms with van der Waals surface area (Å²) in [5.41, 5.74) is 3.09. The lowest BCUT2D eigenvalue weighted by Crippen LogP contribution is -2.23. The zero-order valence-electron chi connectivity index (χ0n) is 14.6. The summed E-state index contributed by atoms with van der Waals surface area (Å²) >= 11 is 0. The fourth-order valence-corrected chi connectivity index (χ4v) is 2.99. The van der Waals surface area contributed by atoms with Crippen LogP contribution in [0.25, 0.3) is 10.9 Å². The molecule has 2 heterocycles. The Morgan fingerprint density at radius 1 is 1.23 bits per heavy atom. The van der Waals surface area contributed by atoms with Gasteiger partial charge in [0, 0.05) is 24.4 Å². The van der Waals surface area contributed by atoms with Crippen molar-refractivity contribution in [2.75, 3.05) is 7.11 Å². The van der Waals surface area contributed by atoms with Crippen molar-refractivity contribution in [2.45, 2.75) is 19.5 Å². The van der Waals surface area contributed by atoms with Gasteiger partial charge in [0.25, 0.3) is 0 Å². The molecular weight excluding hydrogens is 330 g/mol. The Morgan fingerprint density at radius 2 is 2.12 bits per heavy atom. The van der Waals surface area contributed by atoms with Gasteiger partial charge in [-0.1, -0.05) is 35.5 Å². The molecule has 132 valence electrons. The molecular formula is C19H19N5O2. The number of aromatic nitrogens is 4. The van der Waals surface area contributed by atoms with Crippen LogP contribution in [0.4, 0.5) is 0 Å². The molecule has 0 aliphatic rings. The van der Waals surface area contributed by atoms with Crippen LogP contribution in [0.2, 0.25) is 0 Å². The van der Waals surface area contributed by atoms with Crippen molar-refractivity contribution in [2.24, 2.45) is 0 Å². The average molecular weight is 349 g/mol. The van der Waals surface area contributed by atoms with Gasteiger partial charge in [0.15, 0.2) is 5.82 Å². The van der Waals surface area contributed by atoms with E-state index in [1.165, 1.54) is 0 Å². The SMILES string of the molecule is COc1ccccc1[C@@H](NCc1ccc2cn[nH]c2c1)c1noc(C)n1. The quantitative estimate of drug-likeness (QED) is 0.556. The monoisotopic (exact) mass is 349 g/mol. The van der Waals surface area contributed by atoms with Crippen LogP contribution in [-0.4, -0.2) is 27.4 Å². The molecule has 0 bridgehead atoms. The Kier molecular flexibility index (Phi) is 4.37. The summed E-state index contributed by atoms with van der Waals surface area (Å²) in [6, 6.07) is 13.8. The molecule has 4 rings (SSSR count). The van der Waals surface area contributed by atoms with Crippen LogP contribution >= 0.6 is 0 Å². The van der Waals surface area contributed by atoms with Gasteiger partial charge in [-0.3, -0.25) is 10.4 Å². The second-order valence-corrected chi connectivity index (χ2v) is 6.02. The highest BCUT2D eigenvalue weighted by molar-refractivity contribution is 5.78. The third kappa shape index (κ3) is 3.16. The van der Waals surface area contributed by atoms with Gasteiger partial charge in [-0.25, -0.2) is 0 Å². The van der Waals surface area contributed by atoms with Crippen LogP contribution in [0.3, 0.4) is 0 Å². The zero-order chi connectivity index (χ0) is 17.9. The number of fused-ring (bicyclic) bond motifs is 1. The Hall–Kier alpha value is -3.19. The van der Waals surface area contributed by atoms with Crippen molar-refractivity contribution < 1.29 is 9.26 Å². The van der Waals surface area contributed by atoms with Crippen molar-refractivity contribution in [3.05, 3.63) is 71.5 Å². The molecule has 0 aliphatic carbocycles. The molecule has 0 unspecified atom stereocenters. The molecule has 2 aromatic carbocycles. The third-order valence-corrected chi connectivity index (χ3v) is 4.27. The first-order chi connectivity index (χ1) is 12.7. The molecule has 2 aromatic heterocycles. The largest absolute Gasteiger partial charge is 0.496 e. The van der Waals surface area contributed by atoms with Crippen LogP contribution in [0.1, 0.15) is 28.9 Å². The number of H-pyrrole nitrogens is 1. The first kappa shape index (κ1) is 16.3. The van der Waals surface area contributed by atoms with Crippen molar-refractivity contribution in [1.29, 1.82) is 0 Å². The molecule has 0 amide bonds. The van der Waals surface area contributed by atoms with Gasteiger partial charge in [0.05, 0.1) is 18.8 Å². The van der Waals surface area contributed by atoms with E-state index in [0.717, 1.165) is 27.8 Å². The highest BCUT2D eigenvalue weighted by Gasteiger charge is 2.22. The molecule has 0 aliphatic heterocycles. The Bertz CT molecular complexity index is 1020. The van der Waals surface area contributed by atoms with Gasteiger partial charge in [0.1, 0.15) is 11.8 Å². The van der Waals surface area contributed by atoms with E-state index in [1.54, 1.807) is 14.0 Å². The number of methoxy groups -OCH3 is 1. The summed E-state index contributed by atoms with van der Waals surface area (Å²) in [5, 5.41) is 15.8. The topological polar surface area (TPSA) is 88.9 Å². The molecule has 7 nitrogen and oxygen atoms in total. The van der Waals surface area contributed by atoms with E-state index in [1.807, 2.05) is 36.5 Å². The number of rotatable bonds is 6. The predicted octanol–water partition coefficient (Wildman–Crippen LogP) is 3.14. The van der Waals surface area contributed by atoms with Gasteiger partial charge in [-0.2, -0.15) is 10.1 Å².